The molecule has 0 amide bonds. The Morgan fingerprint density at radius 2 is 0.898 bits per heavy atom. The van der Waals surface area contributed by atoms with Crippen LogP contribution in [0, 0.1) is 0 Å². The molecule has 0 atom stereocenters. The summed E-state index contributed by atoms with van der Waals surface area (Å²) in [7, 11) is 0. The first kappa shape index (κ1) is 24.6. The average Bonchev–Trinajstić information content (AvgIpc) is 3.94. The predicted octanol–water partition coefficient (Wildman–Crippen LogP) is 12.2. The molecule has 8 aromatic carbocycles. The van der Waals surface area contributed by atoms with E-state index < -0.39 is 0 Å². The lowest BCUT2D eigenvalue weighted by molar-refractivity contribution is 1.18. The monoisotopic (exact) mass is 619 g/mol. The van der Waals surface area contributed by atoms with Gasteiger partial charge in [0.2, 0.25) is 0 Å². The standard InChI is InChI=1S/C46H25N3/c1-2-12-27(13-3-1)47-38-19-8-6-16-30(38)33-21-22-34-36-23-26-11-4-5-14-28(26)42-37-24-35-32-18-10-17-31-29-15-7-9-20-39(29)48(43(31)32)40(35)25-41(37)49(44(36)42)46(34)45(33)47/h1-25H. The summed E-state index contributed by atoms with van der Waals surface area (Å²) in [6.07, 6.45) is 0. The number of aromatic nitrogens is 3. The van der Waals surface area contributed by atoms with Gasteiger partial charge in [-0.1, -0.05) is 109 Å². The quantitative estimate of drug-likeness (QED) is 0.174. The van der Waals surface area contributed by atoms with Gasteiger partial charge in [0.25, 0.3) is 0 Å². The number of benzene rings is 8. The lowest BCUT2D eigenvalue weighted by Crippen LogP contribution is -1.95. The molecule has 5 heterocycles. The van der Waals surface area contributed by atoms with Gasteiger partial charge in [-0.2, -0.15) is 0 Å². The molecule has 0 spiro atoms. The summed E-state index contributed by atoms with van der Waals surface area (Å²) in [6.45, 7) is 0. The fourth-order valence-corrected chi connectivity index (χ4v) is 9.58. The topological polar surface area (TPSA) is 13.8 Å². The van der Waals surface area contributed by atoms with Gasteiger partial charge < -0.3 is 13.4 Å². The van der Waals surface area contributed by atoms with Gasteiger partial charge in [-0.3, -0.25) is 0 Å². The summed E-state index contributed by atoms with van der Waals surface area (Å²) in [6, 6.07) is 56.5. The summed E-state index contributed by atoms with van der Waals surface area (Å²) >= 11 is 0. The molecular weight excluding hydrogens is 595 g/mol. The minimum atomic E-state index is 1.17. The van der Waals surface area contributed by atoms with Crippen LogP contribution in [0.3, 0.4) is 0 Å². The van der Waals surface area contributed by atoms with E-state index in [9.17, 15) is 0 Å². The van der Waals surface area contributed by atoms with Crippen LogP contribution in [0.2, 0.25) is 0 Å². The molecule has 0 saturated heterocycles. The predicted molar refractivity (Wildman–Crippen MR) is 208 cm³/mol. The van der Waals surface area contributed by atoms with Gasteiger partial charge in [-0.25, -0.2) is 0 Å². The van der Waals surface area contributed by atoms with Gasteiger partial charge in [-0.15, -0.1) is 0 Å². The van der Waals surface area contributed by atoms with E-state index >= 15 is 0 Å². The molecule has 0 N–H and O–H groups in total. The van der Waals surface area contributed by atoms with Gasteiger partial charge in [0.1, 0.15) is 0 Å². The Morgan fingerprint density at radius 1 is 0.286 bits per heavy atom. The van der Waals surface area contributed by atoms with E-state index in [1.165, 1.54) is 114 Å². The van der Waals surface area contributed by atoms with Crippen LogP contribution in [-0.4, -0.2) is 13.4 Å². The maximum atomic E-state index is 2.61. The van der Waals surface area contributed by atoms with Crippen molar-refractivity contribution in [3.8, 4) is 5.69 Å². The van der Waals surface area contributed by atoms with E-state index in [0.717, 1.165) is 0 Å². The van der Waals surface area contributed by atoms with Crippen LogP contribution in [0.15, 0.2) is 152 Å². The molecule has 0 radical (unpaired) electrons. The molecule has 0 unspecified atom stereocenters. The molecule has 13 aromatic rings. The first-order chi connectivity index (χ1) is 24.3. The zero-order valence-corrected chi connectivity index (χ0v) is 26.3. The zero-order valence-electron chi connectivity index (χ0n) is 26.3. The second kappa shape index (κ2) is 8.28. The van der Waals surface area contributed by atoms with E-state index in [4.69, 9.17) is 0 Å². The van der Waals surface area contributed by atoms with Crippen LogP contribution < -0.4 is 0 Å². The maximum Gasteiger partial charge on any atom is 0.0789 e. The molecule has 0 aliphatic carbocycles. The maximum absolute atomic E-state index is 2.61. The zero-order chi connectivity index (χ0) is 31.5. The Morgan fingerprint density at radius 3 is 1.73 bits per heavy atom. The molecule has 13 rings (SSSR count). The lowest BCUT2D eigenvalue weighted by Gasteiger charge is -2.09. The van der Waals surface area contributed by atoms with Crippen molar-refractivity contribution in [2.24, 2.45) is 0 Å². The van der Waals surface area contributed by atoms with Crippen LogP contribution in [0.5, 0.6) is 0 Å². The van der Waals surface area contributed by atoms with E-state index in [0.29, 0.717) is 0 Å². The van der Waals surface area contributed by atoms with Crippen molar-refractivity contribution in [3.63, 3.8) is 0 Å². The fourth-order valence-electron chi connectivity index (χ4n) is 9.58. The Bertz CT molecular complexity index is 3540. The Labute approximate surface area is 278 Å². The van der Waals surface area contributed by atoms with Crippen LogP contribution in [0.1, 0.15) is 0 Å². The van der Waals surface area contributed by atoms with Crippen molar-refractivity contribution in [2.45, 2.75) is 0 Å². The fraction of sp³-hybridized carbons (Fsp3) is 0. The van der Waals surface area contributed by atoms with Gasteiger partial charge >= 0.3 is 0 Å². The molecule has 5 aromatic heterocycles. The first-order valence-corrected chi connectivity index (χ1v) is 17.0. The highest BCUT2D eigenvalue weighted by Crippen LogP contribution is 2.48. The van der Waals surface area contributed by atoms with Crippen LogP contribution in [-0.2, 0) is 0 Å². The second-order valence-corrected chi connectivity index (χ2v) is 13.7. The van der Waals surface area contributed by atoms with E-state index in [1.807, 2.05) is 0 Å². The highest BCUT2D eigenvalue weighted by Gasteiger charge is 2.26. The van der Waals surface area contributed by atoms with Crippen molar-refractivity contribution in [1.82, 2.24) is 13.4 Å². The molecule has 0 bridgehead atoms. The Balaban J connectivity index is 1.36. The second-order valence-electron chi connectivity index (χ2n) is 13.7. The third kappa shape index (κ3) is 2.73. The molecule has 0 fully saturated rings. The highest BCUT2D eigenvalue weighted by molar-refractivity contribution is 6.36. The summed E-state index contributed by atoms with van der Waals surface area (Å²) < 4.78 is 7.60. The summed E-state index contributed by atoms with van der Waals surface area (Å²) in [5, 5.41) is 15.6. The highest BCUT2D eigenvalue weighted by atomic mass is 15.0. The molecular formula is C46H25N3. The van der Waals surface area contributed by atoms with E-state index in [1.54, 1.807) is 0 Å². The molecule has 3 nitrogen and oxygen atoms in total. The molecule has 0 aliphatic rings. The van der Waals surface area contributed by atoms with Gasteiger partial charge in [0.05, 0.1) is 44.1 Å². The summed E-state index contributed by atoms with van der Waals surface area (Å²) in [5.74, 6) is 0. The van der Waals surface area contributed by atoms with Crippen molar-refractivity contribution < 1.29 is 0 Å². The van der Waals surface area contributed by atoms with E-state index in [2.05, 4.69) is 165 Å². The van der Waals surface area contributed by atoms with Crippen molar-refractivity contribution in [2.75, 3.05) is 0 Å². The normalized spacial score (nSPS) is 12.9. The third-order valence-electron chi connectivity index (χ3n) is 11.4. The Kier molecular flexibility index (Phi) is 4.15. The van der Waals surface area contributed by atoms with Crippen molar-refractivity contribution in [1.29, 1.82) is 0 Å². The van der Waals surface area contributed by atoms with Crippen LogP contribution >= 0.6 is 0 Å². The SMILES string of the molecule is c1ccc(-n2c3ccccc3c3ccc4c5cc6ccccc6c6c7cc8c9cccc%10c%11ccccc%11n(c8cc7n(c56)c4c32)c%109)cc1. The largest absolute Gasteiger partial charge is 0.308 e. The first-order valence-electron chi connectivity index (χ1n) is 17.0. The molecule has 224 valence electrons. The Hall–Kier alpha value is -6.58. The number of nitrogens with zero attached hydrogens (tertiary/aromatic N) is 3. The number of fused-ring (bicyclic) bond motifs is 18. The number of hydrogen-bond donors (Lipinski definition) is 0. The average molecular weight is 620 g/mol. The minimum Gasteiger partial charge on any atom is -0.308 e. The summed E-state index contributed by atoms with van der Waals surface area (Å²) in [4.78, 5) is 0. The lowest BCUT2D eigenvalue weighted by atomic mass is 9.99. The van der Waals surface area contributed by atoms with Gasteiger partial charge in [-0.05, 0) is 53.2 Å². The minimum absolute atomic E-state index is 1.17. The van der Waals surface area contributed by atoms with Crippen LogP contribution in [0.4, 0.5) is 0 Å². The molecule has 0 saturated carbocycles. The van der Waals surface area contributed by atoms with Crippen molar-refractivity contribution >= 4 is 109 Å². The summed E-state index contributed by atoms with van der Waals surface area (Å²) in [5.41, 5.74) is 11.3. The third-order valence-corrected chi connectivity index (χ3v) is 11.4. The number of rotatable bonds is 1. The van der Waals surface area contributed by atoms with Gasteiger partial charge in [0, 0.05) is 59.5 Å². The number of para-hydroxylation sites is 4. The smallest absolute Gasteiger partial charge is 0.0789 e. The number of hydrogen-bond acceptors (Lipinski definition) is 0. The molecule has 0 aliphatic heterocycles. The van der Waals surface area contributed by atoms with Crippen LogP contribution in [0.25, 0.3) is 114 Å². The molecule has 49 heavy (non-hydrogen) atoms. The van der Waals surface area contributed by atoms with E-state index in [-0.39, 0.29) is 0 Å². The van der Waals surface area contributed by atoms with Crippen molar-refractivity contribution in [3.05, 3.63) is 152 Å². The molecule has 3 heteroatoms. The van der Waals surface area contributed by atoms with Gasteiger partial charge in [0.15, 0.2) is 0 Å².